The molecule has 3 N–H and O–H groups in total. The molecule has 0 aromatic rings. The molecule has 0 radical (unpaired) electrons. The molecule has 3 aliphatic rings. The number of carboxylic acid groups (broad SMARTS) is 1. The Morgan fingerprint density at radius 3 is 2.26 bits per heavy atom. The fraction of sp³-hybridized carbons (Fsp3) is 0.871. The molecule has 1 saturated carbocycles. The molecule has 11 heteroatoms. The summed E-state index contributed by atoms with van der Waals surface area (Å²) >= 11 is 0. The number of piperidine rings is 1. The number of nitrogens with one attached hydrogen (secondary N) is 2. The standard InChI is InChI=1S/C31H54N4O7/c1-9-18(4)27(23(41-7)16-24(36)35-14-10-11-22(35)28(42-8)19(5)31(39)40)34(6)30(38)25(17(2)3)33-29(37)26-20-12-13-21(15-20)32-26/h17-23,25-28,32H,9-16H2,1-8H3,(H,33,37)(H,39,40)/t18-,19+,20-,21+,22-,23+,25-,26-,27-,28+/m0/s1. The Kier molecular flexibility index (Phi) is 12.2. The van der Waals surface area contributed by atoms with Gasteiger partial charge in [-0.2, -0.15) is 0 Å². The number of carbonyl (C=O) groups excluding carboxylic acids is 3. The van der Waals surface area contributed by atoms with Crippen LogP contribution in [-0.4, -0.2) is 109 Å². The van der Waals surface area contributed by atoms with Crippen molar-refractivity contribution in [3.63, 3.8) is 0 Å². The number of hydrogen-bond donors (Lipinski definition) is 3. The van der Waals surface area contributed by atoms with Crippen LogP contribution in [0.4, 0.5) is 0 Å². The molecule has 3 fully saturated rings. The Labute approximate surface area is 251 Å². The zero-order valence-electron chi connectivity index (χ0n) is 26.8. The molecule has 2 aliphatic heterocycles. The summed E-state index contributed by atoms with van der Waals surface area (Å²) < 4.78 is 11.5. The van der Waals surface area contributed by atoms with Gasteiger partial charge in [-0.05, 0) is 56.8 Å². The van der Waals surface area contributed by atoms with Crippen LogP contribution in [0.3, 0.4) is 0 Å². The smallest absolute Gasteiger partial charge is 0.308 e. The molecule has 0 aromatic heterocycles. The molecule has 0 spiro atoms. The van der Waals surface area contributed by atoms with Gasteiger partial charge in [0.1, 0.15) is 6.04 Å². The van der Waals surface area contributed by atoms with E-state index in [0.717, 1.165) is 32.1 Å². The van der Waals surface area contributed by atoms with E-state index in [0.29, 0.717) is 24.9 Å². The maximum absolute atomic E-state index is 14.0. The number of carbonyl (C=O) groups is 4. The zero-order valence-corrected chi connectivity index (χ0v) is 26.8. The van der Waals surface area contributed by atoms with Gasteiger partial charge in [-0.1, -0.05) is 34.1 Å². The number of ether oxygens (including phenoxy) is 2. The number of hydrogen-bond acceptors (Lipinski definition) is 7. The average molecular weight is 595 g/mol. The molecule has 10 atom stereocenters. The van der Waals surface area contributed by atoms with Crippen LogP contribution in [0.2, 0.25) is 0 Å². The van der Waals surface area contributed by atoms with Gasteiger partial charge in [0.25, 0.3) is 0 Å². The normalized spacial score (nSPS) is 27.8. The third-order valence-electron chi connectivity index (χ3n) is 10.1. The highest BCUT2D eigenvalue weighted by atomic mass is 16.5. The van der Waals surface area contributed by atoms with E-state index >= 15 is 0 Å². The summed E-state index contributed by atoms with van der Waals surface area (Å²) in [6.07, 6.45) is 4.18. The van der Waals surface area contributed by atoms with Crippen molar-refractivity contribution in [2.75, 3.05) is 27.8 Å². The van der Waals surface area contributed by atoms with Gasteiger partial charge in [0.15, 0.2) is 0 Å². The fourth-order valence-corrected chi connectivity index (χ4v) is 7.42. The lowest BCUT2D eigenvalue weighted by atomic mass is 9.89. The highest BCUT2D eigenvalue weighted by molar-refractivity contribution is 5.90. The minimum Gasteiger partial charge on any atom is -0.481 e. The number of likely N-dealkylation sites (tertiary alicyclic amines) is 1. The summed E-state index contributed by atoms with van der Waals surface area (Å²) in [5, 5.41) is 16.1. The lowest BCUT2D eigenvalue weighted by molar-refractivity contribution is -0.152. The monoisotopic (exact) mass is 594 g/mol. The van der Waals surface area contributed by atoms with Crippen molar-refractivity contribution >= 4 is 23.7 Å². The Hall–Kier alpha value is -2.24. The Morgan fingerprint density at radius 1 is 1.07 bits per heavy atom. The molecule has 240 valence electrons. The van der Waals surface area contributed by atoms with Crippen LogP contribution in [0.5, 0.6) is 0 Å². The van der Waals surface area contributed by atoms with E-state index < -0.39 is 36.2 Å². The van der Waals surface area contributed by atoms with E-state index in [-0.39, 0.29) is 48.1 Å². The van der Waals surface area contributed by atoms with Gasteiger partial charge in [0.2, 0.25) is 17.7 Å². The van der Waals surface area contributed by atoms with Gasteiger partial charge in [-0.3, -0.25) is 19.2 Å². The summed E-state index contributed by atoms with van der Waals surface area (Å²) in [6.45, 7) is 10.1. The molecule has 2 saturated heterocycles. The average Bonchev–Trinajstić information content (AvgIpc) is 3.73. The predicted molar refractivity (Wildman–Crippen MR) is 159 cm³/mol. The minimum atomic E-state index is -0.962. The van der Waals surface area contributed by atoms with E-state index in [1.54, 1.807) is 30.9 Å². The van der Waals surface area contributed by atoms with E-state index in [4.69, 9.17) is 9.47 Å². The Morgan fingerprint density at radius 2 is 1.76 bits per heavy atom. The SMILES string of the molecule is CC[C@H](C)[C@@H]([C@@H](CC(=O)N1CCC[C@H]1[C@H](OC)[C@@H](C)C(=O)O)OC)N(C)C(=O)[C@@H](NC(=O)[C@H]1N[C@@H]2CC[C@H]1C2)C(C)C. The van der Waals surface area contributed by atoms with E-state index in [2.05, 4.69) is 10.6 Å². The van der Waals surface area contributed by atoms with Crippen molar-refractivity contribution in [2.45, 2.75) is 122 Å². The number of amides is 3. The fourth-order valence-electron chi connectivity index (χ4n) is 7.42. The van der Waals surface area contributed by atoms with Gasteiger partial charge in [-0.25, -0.2) is 0 Å². The van der Waals surface area contributed by atoms with Crippen LogP contribution in [0.25, 0.3) is 0 Å². The van der Waals surface area contributed by atoms with Gasteiger partial charge in [0.05, 0.1) is 42.7 Å². The van der Waals surface area contributed by atoms with Crippen molar-refractivity contribution < 1.29 is 33.8 Å². The van der Waals surface area contributed by atoms with Crippen molar-refractivity contribution in [3.05, 3.63) is 0 Å². The van der Waals surface area contributed by atoms with Crippen LogP contribution < -0.4 is 10.6 Å². The Bertz CT molecular complexity index is 962. The third-order valence-corrected chi connectivity index (χ3v) is 10.1. The highest BCUT2D eigenvalue weighted by Gasteiger charge is 2.45. The number of likely N-dealkylation sites (N-methyl/N-ethyl adjacent to an activating group) is 1. The molecule has 1 aliphatic carbocycles. The van der Waals surface area contributed by atoms with Gasteiger partial charge < -0.3 is 35.0 Å². The minimum absolute atomic E-state index is 0.0144. The second-order valence-corrected chi connectivity index (χ2v) is 13.1. The number of rotatable bonds is 15. The molecular weight excluding hydrogens is 540 g/mol. The van der Waals surface area contributed by atoms with Crippen molar-refractivity contribution in [1.29, 1.82) is 0 Å². The highest BCUT2D eigenvalue weighted by Crippen LogP contribution is 2.35. The first kappa shape index (κ1) is 34.3. The quantitative estimate of drug-likeness (QED) is 0.263. The summed E-state index contributed by atoms with van der Waals surface area (Å²) in [5.41, 5.74) is 0. The van der Waals surface area contributed by atoms with Crippen LogP contribution >= 0.6 is 0 Å². The largest absolute Gasteiger partial charge is 0.481 e. The second-order valence-electron chi connectivity index (χ2n) is 13.1. The summed E-state index contributed by atoms with van der Waals surface area (Å²) in [4.78, 5) is 56.1. The molecule has 2 heterocycles. The first-order valence-corrected chi connectivity index (χ1v) is 15.8. The van der Waals surface area contributed by atoms with Gasteiger partial charge >= 0.3 is 5.97 Å². The van der Waals surface area contributed by atoms with E-state index in [1.807, 2.05) is 27.7 Å². The first-order valence-electron chi connectivity index (χ1n) is 15.8. The molecule has 11 nitrogen and oxygen atoms in total. The van der Waals surface area contributed by atoms with Crippen molar-refractivity contribution in [2.24, 2.45) is 23.7 Å². The maximum atomic E-state index is 14.0. The van der Waals surface area contributed by atoms with Crippen LogP contribution in [0.1, 0.15) is 79.6 Å². The molecule has 0 unspecified atom stereocenters. The molecule has 42 heavy (non-hydrogen) atoms. The topological polar surface area (TPSA) is 138 Å². The third kappa shape index (κ3) is 7.45. The summed E-state index contributed by atoms with van der Waals surface area (Å²) in [5.74, 6) is -1.99. The number of fused-ring (bicyclic) bond motifs is 2. The molecule has 2 bridgehead atoms. The Balaban J connectivity index is 1.76. The molecular formula is C31H54N4O7. The van der Waals surface area contributed by atoms with Crippen LogP contribution in [0, 0.1) is 23.7 Å². The number of nitrogens with zero attached hydrogens (tertiary/aromatic N) is 2. The predicted octanol–water partition coefficient (Wildman–Crippen LogP) is 2.27. The zero-order chi connectivity index (χ0) is 31.3. The van der Waals surface area contributed by atoms with Crippen LogP contribution in [-0.2, 0) is 28.7 Å². The van der Waals surface area contributed by atoms with Crippen molar-refractivity contribution in [3.8, 4) is 0 Å². The summed E-state index contributed by atoms with van der Waals surface area (Å²) in [7, 11) is 4.78. The second kappa shape index (κ2) is 15.0. The molecule has 3 rings (SSSR count). The van der Waals surface area contributed by atoms with Crippen LogP contribution in [0.15, 0.2) is 0 Å². The number of aliphatic carboxylic acids is 1. The number of carboxylic acids is 1. The molecule has 3 amide bonds. The maximum Gasteiger partial charge on any atom is 0.308 e. The lowest BCUT2D eigenvalue weighted by Crippen LogP contribution is -2.59. The van der Waals surface area contributed by atoms with E-state index in [9.17, 15) is 24.3 Å². The van der Waals surface area contributed by atoms with Crippen molar-refractivity contribution in [1.82, 2.24) is 20.4 Å². The van der Waals surface area contributed by atoms with Gasteiger partial charge in [-0.15, -0.1) is 0 Å². The first-order chi connectivity index (χ1) is 19.9. The van der Waals surface area contributed by atoms with E-state index in [1.165, 1.54) is 7.11 Å². The lowest BCUT2D eigenvalue weighted by Gasteiger charge is -2.41. The number of methoxy groups -OCH3 is 2. The molecule has 0 aromatic carbocycles. The summed E-state index contributed by atoms with van der Waals surface area (Å²) in [6, 6.07) is -1.32. The van der Waals surface area contributed by atoms with Gasteiger partial charge in [0, 0.05) is 33.9 Å².